The van der Waals surface area contributed by atoms with Crippen molar-refractivity contribution in [1.29, 1.82) is 0 Å². The Morgan fingerprint density at radius 1 is 0.852 bits per heavy atom. The third-order valence-corrected chi connectivity index (χ3v) is 4.23. The molecule has 0 saturated heterocycles. The van der Waals surface area contributed by atoms with Crippen LogP contribution in [0.2, 0.25) is 0 Å². The molecule has 0 bridgehead atoms. The number of ether oxygens (including phenoxy) is 1. The molecule has 3 rings (SSSR count). The lowest BCUT2D eigenvalue weighted by atomic mass is 10.0. The Hall–Kier alpha value is -3.32. The number of rotatable bonds is 5. The molecule has 0 atom stereocenters. The minimum atomic E-state index is -0.476. The van der Waals surface area contributed by atoms with E-state index in [1.165, 1.54) is 12.4 Å². The number of nitrogens with two attached hydrogens (primary N) is 1. The molecule has 0 aliphatic rings. The monoisotopic (exact) mass is 423 g/mol. The smallest absolute Gasteiger partial charge is 0.343 e. The molecule has 1 aromatic heterocycles. The maximum Gasteiger partial charge on any atom is 0.343 e. The molecule has 0 aliphatic carbocycles. The second-order valence-electron chi connectivity index (χ2n) is 5.46. The highest BCUT2D eigenvalue weighted by Gasteiger charge is 2.16. The number of aromatic nitrogens is 1. The van der Waals surface area contributed by atoms with Gasteiger partial charge in [-0.15, -0.1) is 0 Å². The van der Waals surface area contributed by atoms with Gasteiger partial charge in [0.2, 0.25) is 5.78 Å². The molecular formula is C20H14BrN3O3. The van der Waals surface area contributed by atoms with Crippen molar-refractivity contribution < 1.29 is 14.3 Å². The van der Waals surface area contributed by atoms with Gasteiger partial charge >= 0.3 is 5.97 Å². The van der Waals surface area contributed by atoms with Crippen LogP contribution >= 0.6 is 15.9 Å². The van der Waals surface area contributed by atoms with Crippen molar-refractivity contribution in [3.8, 4) is 5.75 Å². The van der Waals surface area contributed by atoms with Gasteiger partial charge in [-0.05, 0) is 60.7 Å². The summed E-state index contributed by atoms with van der Waals surface area (Å²) >= 11 is 3.31. The van der Waals surface area contributed by atoms with Crippen LogP contribution in [0, 0.1) is 0 Å². The third-order valence-electron chi connectivity index (χ3n) is 3.70. The summed E-state index contributed by atoms with van der Waals surface area (Å²) in [6.07, 6.45) is 3.04. The van der Waals surface area contributed by atoms with Crippen LogP contribution in [0.4, 0.5) is 0 Å². The van der Waals surface area contributed by atoms with E-state index < -0.39 is 5.97 Å². The molecule has 134 valence electrons. The number of carbonyl (C=O) groups is 2. The van der Waals surface area contributed by atoms with E-state index in [-0.39, 0.29) is 11.5 Å². The van der Waals surface area contributed by atoms with Crippen LogP contribution < -0.4 is 10.6 Å². The van der Waals surface area contributed by atoms with Gasteiger partial charge in [-0.2, -0.15) is 5.10 Å². The Morgan fingerprint density at radius 3 is 2.04 bits per heavy atom. The second kappa shape index (κ2) is 8.37. The number of hydrogen-bond donors (Lipinski definition) is 1. The van der Waals surface area contributed by atoms with E-state index in [9.17, 15) is 9.59 Å². The fourth-order valence-corrected chi connectivity index (χ4v) is 2.60. The lowest BCUT2D eigenvalue weighted by Crippen LogP contribution is -2.18. The second-order valence-corrected chi connectivity index (χ2v) is 6.38. The molecule has 0 radical (unpaired) electrons. The molecule has 6 nitrogen and oxygen atoms in total. The topological polar surface area (TPSA) is 94.6 Å². The fourth-order valence-electron chi connectivity index (χ4n) is 2.34. The molecule has 0 saturated carbocycles. The summed E-state index contributed by atoms with van der Waals surface area (Å²) in [5.74, 6) is 4.96. The molecule has 7 heteroatoms. The first-order chi connectivity index (χ1) is 13.1. The van der Waals surface area contributed by atoms with E-state index in [1.54, 1.807) is 60.7 Å². The van der Waals surface area contributed by atoms with Crippen molar-refractivity contribution in [2.75, 3.05) is 0 Å². The highest BCUT2D eigenvalue weighted by molar-refractivity contribution is 9.10. The van der Waals surface area contributed by atoms with Crippen LogP contribution in [-0.2, 0) is 0 Å². The number of carbonyl (C=O) groups excluding carboxylic acids is 2. The number of Topliss-reactive ketones (excluding diaryl/α,β-unsaturated/α-hetero) is 1. The van der Waals surface area contributed by atoms with Crippen LogP contribution in [0.1, 0.15) is 26.3 Å². The normalized spacial score (nSPS) is 11.1. The Labute approximate surface area is 163 Å². The van der Waals surface area contributed by atoms with Gasteiger partial charge in [-0.3, -0.25) is 9.78 Å². The van der Waals surface area contributed by atoms with E-state index >= 15 is 0 Å². The summed E-state index contributed by atoms with van der Waals surface area (Å²) in [5.41, 5.74) is 1.48. The van der Waals surface area contributed by atoms with Gasteiger partial charge in [-0.25, -0.2) is 4.79 Å². The number of benzene rings is 2. The highest BCUT2D eigenvalue weighted by atomic mass is 79.9. The molecule has 0 spiro atoms. The summed E-state index contributed by atoms with van der Waals surface area (Å²) in [6.45, 7) is 0. The average Bonchev–Trinajstić information content (AvgIpc) is 2.71. The summed E-state index contributed by atoms with van der Waals surface area (Å²) in [7, 11) is 0. The minimum Gasteiger partial charge on any atom is -0.423 e. The largest absolute Gasteiger partial charge is 0.423 e. The van der Waals surface area contributed by atoms with Gasteiger partial charge in [0.1, 0.15) is 11.5 Å². The van der Waals surface area contributed by atoms with Gasteiger partial charge < -0.3 is 10.6 Å². The molecule has 2 N–H and O–H groups in total. The first-order valence-corrected chi connectivity index (χ1v) is 8.68. The van der Waals surface area contributed by atoms with Gasteiger partial charge in [0.05, 0.1) is 5.56 Å². The van der Waals surface area contributed by atoms with Crippen LogP contribution in [0.5, 0.6) is 5.75 Å². The van der Waals surface area contributed by atoms with E-state index in [1.807, 2.05) is 0 Å². The van der Waals surface area contributed by atoms with Crippen LogP contribution in [0.3, 0.4) is 0 Å². The number of ketones is 1. The SMILES string of the molecule is N/N=C(/C(=O)c1ccncc1)c1ccc(OC(=O)c2ccc(Br)cc2)cc1. The number of nitrogens with zero attached hydrogens (tertiary/aromatic N) is 2. The lowest BCUT2D eigenvalue weighted by molar-refractivity contribution is 0.0734. The first-order valence-electron chi connectivity index (χ1n) is 7.89. The molecule has 27 heavy (non-hydrogen) atoms. The number of hydrogen-bond acceptors (Lipinski definition) is 6. The Balaban J connectivity index is 1.75. The van der Waals surface area contributed by atoms with Crippen LogP contribution in [-0.4, -0.2) is 22.4 Å². The molecule has 2 aromatic carbocycles. The van der Waals surface area contributed by atoms with Crippen molar-refractivity contribution >= 4 is 33.4 Å². The molecule has 0 aliphatic heterocycles. The predicted molar refractivity (Wildman–Crippen MR) is 105 cm³/mol. The van der Waals surface area contributed by atoms with Crippen LogP contribution in [0.25, 0.3) is 0 Å². The molecule has 3 aromatic rings. The van der Waals surface area contributed by atoms with Crippen molar-refractivity contribution in [1.82, 2.24) is 4.98 Å². The summed E-state index contributed by atoms with van der Waals surface area (Å²) in [5, 5.41) is 3.62. The zero-order valence-corrected chi connectivity index (χ0v) is 15.6. The van der Waals surface area contributed by atoms with Gasteiger partial charge in [-0.1, -0.05) is 15.9 Å². The standard InChI is InChI=1S/C20H14BrN3O3/c21-16-5-1-15(2-6-16)20(26)27-17-7-3-13(4-8-17)18(24-22)19(25)14-9-11-23-12-10-14/h1-12H,22H2/b24-18+. The van der Waals surface area contributed by atoms with Gasteiger partial charge in [0, 0.05) is 28.0 Å². The van der Waals surface area contributed by atoms with Gasteiger partial charge in [0.25, 0.3) is 0 Å². The minimum absolute atomic E-state index is 0.104. The maximum absolute atomic E-state index is 12.5. The van der Waals surface area contributed by atoms with Crippen LogP contribution in [0.15, 0.2) is 82.6 Å². The van der Waals surface area contributed by atoms with Crippen molar-refractivity contribution in [2.24, 2.45) is 10.9 Å². The third kappa shape index (κ3) is 4.45. The zero-order chi connectivity index (χ0) is 19.2. The molecular weight excluding hydrogens is 410 g/mol. The van der Waals surface area contributed by atoms with E-state index in [2.05, 4.69) is 26.0 Å². The summed E-state index contributed by atoms with van der Waals surface area (Å²) < 4.78 is 6.21. The fraction of sp³-hybridized carbons (Fsp3) is 0. The average molecular weight is 424 g/mol. The van der Waals surface area contributed by atoms with Crippen molar-refractivity contribution in [2.45, 2.75) is 0 Å². The maximum atomic E-state index is 12.5. The Bertz CT molecular complexity index is 985. The Morgan fingerprint density at radius 2 is 1.44 bits per heavy atom. The van der Waals surface area contributed by atoms with Gasteiger partial charge in [0.15, 0.2) is 0 Å². The van der Waals surface area contributed by atoms with Crippen molar-refractivity contribution in [3.05, 3.63) is 94.2 Å². The quantitative estimate of drug-likeness (QED) is 0.169. The number of esters is 1. The molecule has 0 fully saturated rings. The van der Waals surface area contributed by atoms with E-state index in [0.29, 0.717) is 22.4 Å². The zero-order valence-electron chi connectivity index (χ0n) is 14.0. The summed E-state index contributed by atoms with van der Waals surface area (Å²) in [6, 6.07) is 16.4. The summed E-state index contributed by atoms with van der Waals surface area (Å²) in [4.78, 5) is 28.6. The highest BCUT2D eigenvalue weighted by Crippen LogP contribution is 2.17. The molecule has 0 unspecified atom stereocenters. The molecule has 0 amide bonds. The Kier molecular flexibility index (Phi) is 5.73. The van der Waals surface area contributed by atoms with E-state index in [0.717, 1.165) is 4.47 Å². The van der Waals surface area contributed by atoms with E-state index in [4.69, 9.17) is 10.6 Å². The first kappa shape index (κ1) is 18.5. The predicted octanol–water partition coefficient (Wildman–Crippen LogP) is 3.61. The number of halogens is 1. The van der Waals surface area contributed by atoms with Crippen molar-refractivity contribution in [3.63, 3.8) is 0 Å². The number of pyridine rings is 1. The number of hydrazone groups is 1. The molecule has 1 heterocycles. The lowest BCUT2D eigenvalue weighted by Gasteiger charge is -2.07.